The number of halogens is 2. The summed E-state index contributed by atoms with van der Waals surface area (Å²) in [5, 5.41) is 4.37. The van der Waals surface area contributed by atoms with Crippen LogP contribution in [0.5, 0.6) is 5.75 Å². The first kappa shape index (κ1) is 18.3. The molecule has 2 aromatic rings. The van der Waals surface area contributed by atoms with Crippen molar-refractivity contribution < 1.29 is 9.53 Å². The predicted molar refractivity (Wildman–Crippen MR) is 101 cm³/mol. The van der Waals surface area contributed by atoms with E-state index in [-0.39, 0.29) is 17.6 Å². The molecule has 0 atom stereocenters. The van der Waals surface area contributed by atoms with Gasteiger partial charge in [-0.25, -0.2) is 0 Å². The van der Waals surface area contributed by atoms with Crippen LogP contribution >= 0.6 is 35.4 Å². The maximum atomic E-state index is 11.7. The fourth-order valence-electron chi connectivity index (χ4n) is 1.68. The number of hydrazine groups is 1. The number of hydrogen-bond donors (Lipinski definition) is 3. The van der Waals surface area contributed by atoms with E-state index in [4.69, 9.17) is 40.2 Å². The zero-order valence-electron chi connectivity index (χ0n) is 12.7. The largest absolute Gasteiger partial charge is 0.484 e. The molecule has 2 rings (SSSR count). The third-order valence-corrected chi connectivity index (χ3v) is 3.79. The Hall–Kier alpha value is -2.02. The molecule has 0 saturated heterocycles. The van der Waals surface area contributed by atoms with E-state index in [1.54, 1.807) is 30.3 Å². The van der Waals surface area contributed by atoms with Crippen molar-refractivity contribution in [1.82, 2.24) is 10.9 Å². The average Bonchev–Trinajstić information content (AvgIpc) is 2.56. The number of carbonyl (C=O) groups excluding carboxylic acids is 1. The lowest BCUT2D eigenvalue weighted by molar-refractivity contribution is -0.123. The lowest BCUT2D eigenvalue weighted by atomic mass is 10.2. The van der Waals surface area contributed by atoms with E-state index >= 15 is 0 Å². The molecule has 0 unspecified atom stereocenters. The van der Waals surface area contributed by atoms with E-state index in [2.05, 4.69) is 16.2 Å². The lowest BCUT2D eigenvalue weighted by Gasteiger charge is -2.12. The van der Waals surface area contributed by atoms with E-state index in [1.165, 1.54) is 0 Å². The Morgan fingerprint density at radius 1 is 1.12 bits per heavy atom. The van der Waals surface area contributed by atoms with Crippen molar-refractivity contribution in [2.45, 2.75) is 6.92 Å². The van der Waals surface area contributed by atoms with Crippen molar-refractivity contribution in [3.63, 3.8) is 0 Å². The number of amides is 1. The van der Waals surface area contributed by atoms with Gasteiger partial charge in [0, 0.05) is 15.7 Å². The van der Waals surface area contributed by atoms with E-state index in [0.29, 0.717) is 15.8 Å². The fourth-order valence-corrected chi connectivity index (χ4v) is 2.15. The topological polar surface area (TPSA) is 62.4 Å². The predicted octanol–water partition coefficient (Wildman–Crippen LogP) is 3.70. The van der Waals surface area contributed by atoms with Gasteiger partial charge < -0.3 is 10.1 Å². The van der Waals surface area contributed by atoms with Crippen LogP contribution in [-0.4, -0.2) is 17.6 Å². The van der Waals surface area contributed by atoms with Gasteiger partial charge in [-0.1, -0.05) is 29.3 Å². The maximum Gasteiger partial charge on any atom is 0.276 e. The van der Waals surface area contributed by atoms with E-state index in [0.717, 1.165) is 11.3 Å². The van der Waals surface area contributed by atoms with Crippen molar-refractivity contribution in [2.24, 2.45) is 0 Å². The van der Waals surface area contributed by atoms with Gasteiger partial charge in [-0.2, -0.15) is 0 Å². The first-order chi connectivity index (χ1) is 11.4. The quantitative estimate of drug-likeness (QED) is 0.554. The van der Waals surface area contributed by atoms with Crippen LogP contribution in [0.4, 0.5) is 5.69 Å². The second-order valence-electron chi connectivity index (χ2n) is 4.83. The van der Waals surface area contributed by atoms with E-state index in [9.17, 15) is 4.79 Å². The van der Waals surface area contributed by atoms with Gasteiger partial charge >= 0.3 is 0 Å². The number of hydrogen-bond acceptors (Lipinski definition) is 3. The summed E-state index contributed by atoms with van der Waals surface area (Å²) >= 11 is 16.9. The number of ether oxygens (including phenoxy) is 1. The Morgan fingerprint density at radius 2 is 1.83 bits per heavy atom. The summed E-state index contributed by atoms with van der Waals surface area (Å²) in [4.78, 5) is 11.7. The number of rotatable bonds is 4. The van der Waals surface area contributed by atoms with Gasteiger partial charge in [-0.15, -0.1) is 0 Å². The van der Waals surface area contributed by atoms with Crippen LogP contribution in [0.3, 0.4) is 0 Å². The average molecular weight is 384 g/mol. The van der Waals surface area contributed by atoms with E-state index < -0.39 is 0 Å². The Kier molecular flexibility index (Phi) is 6.66. The van der Waals surface area contributed by atoms with Gasteiger partial charge in [0.25, 0.3) is 5.91 Å². The van der Waals surface area contributed by atoms with Crippen LogP contribution in [0.2, 0.25) is 10.0 Å². The van der Waals surface area contributed by atoms with Crippen molar-refractivity contribution in [3.05, 3.63) is 58.1 Å². The minimum atomic E-state index is -0.379. The van der Waals surface area contributed by atoms with Gasteiger partial charge in [-0.3, -0.25) is 15.6 Å². The first-order valence-electron chi connectivity index (χ1n) is 6.94. The van der Waals surface area contributed by atoms with Crippen molar-refractivity contribution in [2.75, 3.05) is 11.9 Å². The molecule has 0 aliphatic rings. The molecular formula is C16H15Cl2N3O2S. The number of aryl methyl sites for hydroxylation is 1. The minimum Gasteiger partial charge on any atom is -0.484 e. The normalized spacial score (nSPS) is 9.96. The van der Waals surface area contributed by atoms with Gasteiger partial charge in [0.15, 0.2) is 11.7 Å². The SMILES string of the molecule is Cc1ccc(NC(=S)NNC(=O)COc2ccc(Cl)cc2)cc1Cl. The second-order valence-corrected chi connectivity index (χ2v) is 6.09. The molecule has 0 fully saturated rings. The Labute approximate surface area is 155 Å². The number of nitrogens with one attached hydrogen (secondary N) is 3. The van der Waals surface area contributed by atoms with Crippen LogP contribution in [-0.2, 0) is 4.79 Å². The minimum absolute atomic E-state index is 0.159. The third-order valence-electron chi connectivity index (χ3n) is 2.93. The third kappa shape index (κ3) is 5.88. The molecule has 0 spiro atoms. The highest BCUT2D eigenvalue weighted by atomic mass is 35.5. The molecule has 126 valence electrons. The highest BCUT2D eigenvalue weighted by Crippen LogP contribution is 2.19. The maximum absolute atomic E-state index is 11.7. The standard InChI is InChI=1S/C16H15Cl2N3O2S/c1-10-2-5-12(8-14(10)18)19-16(24)21-20-15(22)9-23-13-6-3-11(17)4-7-13/h2-8H,9H2,1H3,(H,20,22)(H2,19,21,24). The Balaban J connectivity index is 1.73. The molecule has 1 amide bonds. The molecule has 0 bridgehead atoms. The molecule has 24 heavy (non-hydrogen) atoms. The summed E-state index contributed by atoms with van der Waals surface area (Å²) in [6.07, 6.45) is 0. The fraction of sp³-hybridized carbons (Fsp3) is 0.125. The monoisotopic (exact) mass is 383 g/mol. The van der Waals surface area contributed by atoms with Gasteiger partial charge in [-0.05, 0) is 61.1 Å². The van der Waals surface area contributed by atoms with Crippen molar-refractivity contribution in [3.8, 4) is 5.75 Å². The highest BCUT2D eigenvalue weighted by molar-refractivity contribution is 7.80. The van der Waals surface area contributed by atoms with Crippen molar-refractivity contribution in [1.29, 1.82) is 0 Å². The van der Waals surface area contributed by atoms with Crippen LogP contribution < -0.4 is 20.9 Å². The zero-order valence-corrected chi connectivity index (χ0v) is 15.1. The van der Waals surface area contributed by atoms with Crippen LogP contribution in [0, 0.1) is 6.92 Å². The molecule has 2 aromatic carbocycles. The van der Waals surface area contributed by atoms with Crippen LogP contribution in [0.1, 0.15) is 5.56 Å². The molecule has 5 nitrogen and oxygen atoms in total. The first-order valence-corrected chi connectivity index (χ1v) is 8.11. The summed E-state index contributed by atoms with van der Waals surface area (Å²) < 4.78 is 5.31. The Morgan fingerprint density at radius 3 is 2.50 bits per heavy atom. The molecule has 0 radical (unpaired) electrons. The highest BCUT2D eigenvalue weighted by Gasteiger charge is 2.05. The number of thiocarbonyl (C=S) groups is 1. The molecule has 0 aliphatic heterocycles. The lowest BCUT2D eigenvalue weighted by Crippen LogP contribution is -2.45. The molecule has 8 heteroatoms. The summed E-state index contributed by atoms with van der Waals surface area (Å²) in [6.45, 7) is 1.75. The van der Waals surface area contributed by atoms with Crippen LogP contribution in [0.15, 0.2) is 42.5 Å². The van der Waals surface area contributed by atoms with Crippen molar-refractivity contribution >= 4 is 52.1 Å². The number of benzene rings is 2. The molecule has 0 aliphatic carbocycles. The molecule has 3 N–H and O–H groups in total. The molecule has 0 heterocycles. The van der Waals surface area contributed by atoms with Gasteiger partial charge in [0.1, 0.15) is 5.75 Å². The Bertz CT molecular complexity index is 739. The van der Waals surface area contributed by atoms with Gasteiger partial charge in [0.05, 0.1) is 0 Å². The number of anilines is 1. The number of carbonyl (C=O) groups is 1. The summed E-state index contributed by atoms with van der Waals surface area (Å²) in [5.74, 6) is 0.167. The van der Waals surface area contributed by atoms with Crippen LogP contribution in [0.25, 0.3) is 0 Å². The smallest absolute Gasteiger partial charge is 0.276 e. The molecule has 0 aromatic heterocycles. The molecular weight excluding hydrogens is 369 g/mol. The second kappa shape index (κ2) is 8.73. The summed E-state index contributed by atoms with van der Waals surface area (Å²) in [6, 6.07) is 12.2. The molecule has 0 saturated carbocycles. The zero-order chi connectivity index (χ0) is 17.5. The van der Waals surface area contributed by atoms with Gasteiger partial charge in [0.2, 0.25) is 0 Å². The summed E-state index contributed by atoms with van der Waals surface area (Å²) in [7, 11) is 0. The summed E-state index contributed by atoms with van der Waals surface area (Å²) in [5.41, 5.74) is 6.70. The van der Waals surface area contributed by atoms with E-state index in [1.807, 2.05) is 19.1 Å².